The highest BCUT2D eigenvalue weighted by atomic mass is 16.5. The van der Waals surface area contributed by atoms with Gasteiger partial charge in [0.15, 0.2) is 0 Å². The Kier molecular flexibility index (Phi) is 4.48. The van der Waals surface area contributed by atoms with E-state index in [1.165, 1.54) is 6.42 Å². The van der Waals surface area contributed by atoms with Gasteiger partial charge in [0.05, 0.1) is 12.5 Å². The highest BCUT2D eigenvalue weighted by Crippen LogP contribution is 2.40. The lowest BCUT2D eigenvalue weighted by atomic mass is 9.84. The van der Waals surface area contributed by atoms with Gasteiger partial charge in [-0.15, -0.1) is 0 Å². The number of hydrogen-bond donors (Lipinski definition) is 1. The van der Waals surface area contributed by atoms with Crippen LogP contribution in [0.25, 0.3) is 0 Å². The second kappa shape index (κ2) is 6.34. The van der Waals surface area contributed by atoms with Crippen molar-refractivity contribution in [2.75, 3.05) is 6.61 Å². The molecule has 0 aromatic rings. The van der Waals surface area contributed by atoms with E-state index in [1.54, 1.807) is 4.90 Å². The molecule has 118 valence electrons. The third kappa shape index (κ3) is 3.07. The molecule has 3 rings (SSSR count). The number of aliphatic carboxylic acids is 1. The van der Waals surface area contributed by atoms with E-state index in [4.69, 9.17) is 4.74 Å². The van der Waals surface area contributed by atoms with E-state index in [-0.39, 0.29) is 18.1 Å². The van der Waals surface area contributed by atoms with Gasteiger partial charge < -0.3 is 14.7 Å². The molecule has 4 atom stereocenters. The zero-order valence-electron chi connectivity index (χ0n) is 12.5. The number of carbonyl (C=O) groups excluding carboxylic acids is 1. The summed E-state index contributed by atoms with van der Waals surface area (Å²) >= 11 is 0. The summed E-state index contributed by atoms with van der Waals surface area (Å²) in [4.78, 5) is 25.9. The molecule has 2 saturated heterocycles. The highest BCUT2D eigenvalue weighted by molar-refractivity contribution is 5.85. The van der Waals surface area contributed by atoms with E-state index >= 15 is 0 Å². The van der Waals surface area contributed by atoms with Gasteiger partial charge in [-0.3, -0.25) is 4.79 Å². The number of carbonyl (C=O) groups is 2. The van der Waals surface area contributed by atoms with Crippen molar-refractivity contribution in [1.82, 2.24) is 4.90 Å². The number of rotatable bonds is 3. The van der Waals surface area contributed by atoms with E-state index in [0.29, 0.717) is 18.8 Å². The SMILES string of the molecule is O=C(O)[C@@H]1C[C@@H]2CCCC[C@@H]2N1C(=O)C[C@H]1CCCCO1. The van der Waals surface area contributed by atoms with Crippen LogP contribution in [0.2, 0.25) is 0 Å². The molecule has 3 fully saturated rings. The van der Waals surface area contributed by atoms with Gasteiger partial charge in [-0.05, 0) is 44.4 Å². The molecule has 5 nitrogen and oxygen atoms in total. The van der Waals surface area contributed by atoms with Crippen molar-refractivity contribution in [2.24, 2.45) is 5.92 Å². The number of hydrogen-bond acceptors (Lipinski definition) is 3. The molecule has 1 N–H and O–H groups in total. The molecular weight excluding hydrogens is 270 g/mol. The lowest BCUT2D eigenvalue weighted by Gasteiger charge is -2.34. The van der Waals surface area contributed by atoms with Crippen molar-refractivity contribution >= 4 is 11.9 Å². The van der Waals surface area contributed by atoms with Gasteiger partial charge >= 0.3 is 5.97 Å². The largest absolute Gasteiger partial charge is 0.480 e. The molecule has 0 spiro atoms. The Balaban J connectivity index is 1.69. The Bertz CT molecular complexity index is 405. The number of likely N-dealkylation sites (tertiary alicyclic amines) is 1. The molecular formula is C16H25NO4. The third-order valence-electron chi connectivity index (χ3n) is 5.34. The average Bonchev–Trinajstić information content (AvgIpc) is 2.88. The Labute approximate surface area is 125 Å². The van der Waals surface area contributed by atoms with E-state index < -0.39 is 12.0 Å². The van der Waals surface area contributed by atoms with Crippen LogP contribution >= 0.6 is 0 Å². The Hall–Kier alpha value is -1.10. The van der Waals surface area contributed by atoms with Crippen LogP contribution in [0, 0.1) is 5.92 Å². The summed E-state index contributed by atoms with van der Waals surface area (Å²) in [5, 5.41) is 9.46. The number of nitrogens with zero attached hydrogens (tertiary/aromatic N) is 1. The van der Waals surface area contributed by atoms with Crippen LogP contribution < -0.4 is 0 Å². The number of carboxylic acid groups (broad SMARTS) is 1. The predicted octanol–water partition coefficient (Wildman–Crippen LogP) is 2.19. The Morgan fingerprint density at radius 2 is 1.86 bits per heavy atom. The molecule has 1 saturated carbocycles. The van der Waals surface area contributed by atoms with Crippen LogP contribution in [0.4, 0.5) is 0 Å². The second-order valence-electron chi connectivity index (χ2n) is 6.70. The fourth-order valence-electron chi connectivity index (χ4n) is 4.31. The molecule has 21 heavy (non-hydrogen) atoms. The quantitative estimate of drug-likeness (QED) is 0.866. The summed E-state index contributed by atoms with van der Waals surface area (Å²) in [7, 11) is 0. The first-order valence-corrected chi connectivity index (χ1v) is 8.32. The summed E-state index contributed by atoms with van der Waals surface area (Å²) in [5.41, 5.74) is 0. The van der Waals surface area contributed by atoms with Gasteiger partial charge in [0.25, 0.3) is 0 Å². The summed E-state index contributed by atoms with van der Waals surface area (Å²) in [6.07, 6.45) is 8.38. The summed E-state index contributed by atoms with van der Waals surface area (Å²) in [6.45, 7) is 0.729. The van der Waals surface area contributed by atoms with Crippen LogP contribution in [-0.2, 0) is 14.3 Å². The molecule has 1 aliphatic carbocycles. The Morgan fingerprint density at radius 1 is 1.10 bits per heavy atom. The normalized spacial score (nSPS) is 36.3. The fourth-order valence-corrected chi connectivity index (χ4v) is 4.31. The van der Waals surface area contributed by atoms with Crippen molar-refractivity contribution < 1.29 is 19.4 Å². The van der Waals surface area contributed by atoms with Crippen molar-refractivity contribution in [3.8, 4) is 0 Å². The number of amides is 1. The van der Waals surface area contributed by atoms with Crippen LogP contribution in [0.1, 0.15) is 57.8 Å². The second-order valence-corrected chi connectivity index (χ2v) is 6.70. The van der Waals surface area contributed by atoms with Gasteiger partial charge in [-0.25, -0.2) is 4.79 Å². The van der Waals surface area contributed by atoms with E-state index in [0.717, 1.165) is 45.1 Å². The smallest absolute Gasteiger partial charge is 0.326 e. The van der Waals surface area contributed by atoms with Crippen molar-refractivity contribution in [1.29, 1.82) is 0 Å². The lowest BCUT2D eigenvalue weighted by molar-refractivity contribution is -0.151. The monoisotopic (exact) mass is 295 g/mol. The minimum absolute atomic E-state index is 0.0105. The van der Waals surface area contributed by atoms with Crippen LogP contribution in [0.3, 0.4) is 0 Å². The first kappa shape index (κ1) is 14.8. The van der Waals surface area contributed by atoms with Gasteiger partial charge in [-0.2, -0.15) is 0 Å². The minimum Gasteiger partial charge on any atom is -0.480 e. The molecule has 5 heteroatoms. The van der Waals surface area contributed by atoms with Crippen molar-refractivity contribution in [3.05, 3.63) is 0 Å². The van der Waals surface area contributed by atoms with Crippen molar-refractivity contribution in [3.63, 3.8) is 0 Å². The summed E-state index contributed by atoms with van der Waals surface area (Å²) in [5.74, 6) is -0.470. The van der Waals surface area contributed by atoms with Gasteiger partial charge in [0.1, 0.15) is 6.04 Å². The van der Waals surface area contributed by atoms with E-state index in [1.807, 2.05) is 0 Å². The van der Waals surface area contributed by atoms with Gasteiger partial charge in [0.2, 0.25) is 5.91 Å². The molecule has 2 heterocycles. The molecule has 0 aromatic carbocycles. The van der Waals surface area contributed by atoms with Gasteiger partial charge in [0, 0.05) is 12.6 Å². The zero-order chi connectivity index (χ0) is 14.8. The molecule has 2 aliphatic heterocycles. The van der Waals surface area contributed by atoms with Crippen LogP contribution in [-0.4, -0.2) is 46.7 Å². The maximum absolute atomic E-state index is 12.7. The first-order valence-electron chi connectivity index (χ1n) is 8.32. The molecule has 0 radical (unpaired) electrons. The average molecular weight is 295 g/mol. The molecule has 3 aliphatic rings. The topological polar surface area (TPSA) is 66.8 Å². The molecule has 0 bridgehead atoms. The van der Waals surface area contributed by atoms with Crippen molar-refractivity contribution in [2.45, 2.75) is 76.0 Å². The zero-order valence-corrected chi connectivity index (χ0v) is 12.5. The maximum atomic E-state index is 12.7. The predicted molar refractivity (Wildman–Crippen MR) is 76.8 cm³/mol. The van der Waals surface area contributed by atoms with Crippen LogP contribution in [0.15, 0.2) is 0 Å². The van der Waals surface area contributed by atoms with Crippen LogP contribution in [0.5, 0.6) is 0 Å². The maximum Gasteiger partial charge on any atom is 0.326 e. The summed E-state index contributed by atoms with van der Waals surface area (Å²) < 4.78 is 5.64. The molecule has 0 unspecified atom stereocenters. The molecule has 1 amide bonds. The van der Waals surface area contributed by atoms with E-state index in [2.05, 4.69) is 0 Å². The lowest BCUT2D eigenvalue weighted by Crippen LogP contribution is -2.47. The van der Waals surface area contributed by atoms with Gasteiger partial charge in [-0.1, -0.05) is 12.8 Å². The third-order valence-corrected chi connectivity index (χ3v) is 5.34. The highest BCUT2D eigenvalue weighted by Gasteiger charge is 2.47. The standard InChI is InChI=1S/C16H25NO4/c18-15(10-12-6-3-4-8-21-12)17-13-7-2-1-5-11(13)9-14(17)16(19)20/h11-14H,1-10H2,(H,19,20)/t11-,12+,13-,14-/m0/s1. The van der Waals surface area contributed by atoms with E-state index in [9.17, 15) is 14.7 Å². The Morgan fingerprint density at radius 3 is 2.57 bits per heavy atom. The number of ether oxygens (including phenoxy) is 1. The number of fused-ring (bicyclic) bond motifs is 1. The first-order chi connectivity index (χ1) is 10.2. The minimum atomic E-state index is -0.845. The molecule has 0 aromatic heterocycles. The fraction of sp³-hybridized carbons (Fsp3) is 0.875. The summed E-state index contributed by atoms with van der Waals surface area (Å²) in [6, 6.07) is -0.467. The number of carboxylic acids is 1.